The minimum Gasteiger partial charge on any atom is -0.347 e. The number of carbonyl (C=O) groups is 1. The lowest BCUT2D eigenvalue weighted by Gasteiger charge is -2.07. The zero-order valence-corrected chi connectivity index (χ0v) is 16.7. The van der Waals surface area contributed by atoms with E-state index in [1.807, 2.05) is 18.2 Å². The average molecular weight is 436 g/mol. The standard InChI is InChI=1S/C18H11Cl2N3O2S2/c19-10-5-6-13-11(7-10)16(24)22-15-14(27-18(26)23(13)15)17(25)21-8-9-3-1-2-4-12(9)20/h1-7H,8H2,(H,21,25)(H,22,24). The monoisotopic (exact) mass is 435 g/mol. The third-order valence-electron chi connectivity index (χ3n) is 4.09. The van der Waals surface area contributed by atoms with E-state index >= 15 is 0 Å². The molecule has 0 aliphatic heterocycles. The summed E-state index contributed by atoms with van der Waals surface area (Å²) in [4.78, 5) is 28.2. The molecule has 2 aromatic heterocycles. The summed E-state index contributed by atoms with van der Waals surface area (Å²) in [5.74, 6) is -0.336. The minimum atomic E-state index is -0.336. The van der Waals surface area contributed by atoms with Crippen molar-refractivity contribution in [3.63, 3.8) is 0 Å². The van der Waals surface area contributed by atoms with Crippen molar-refractivity contribution in [2.45, 2.75) is 6.54 Å². The summed E-state index contributed by atoms with van der Waals surface area (Å²) in [5, 5.41) is 4.26. The summed E-state index contributed by atoms with van der Waals surface area (Å²) < 4.78 is 2.13. The second-order valence-electron chi connectivity index (χ2n) is 5.77. The molecule has 4 aromatic rings. The van der Waals surface area contributed by atoms with E-state index in [0.29, 0.717) is 35.4 Å². The van der Waals surface area contributed by atoms with Gasteiger partial charge in [0.15, 0.2) is 3.95 Å². The molecular weight excluding hydrogens is 425 g/mol. The Balaban J connectivity index is 1.79. The lowest BCUT2D eigenvalue weighted by atomic mass is 10.2. The summed E-state index contributed by atoms with van der Waals surface area (Å²) in [6, 6.07) is 12.2. The zero-order valence-electron chi connectivity index (χ0n) is 13.6. The summed E-state index contributed by atoms with van der Waals surface area (Å²) in [5.41, 5.74) is 1.43. The summed E-state index contributed by atoms with van der Waals surface area (Å²) >= 11 is 18.7. The van der Waals surface area contributed by atoms with Crippen LogP contribution in [0.3, 0.4) is 0 Å². The Morgan fingerprint density at radius 2 is 2.00 bits per heavy atom. The van der Waals surface area contributed by atoms with Gasteiger partial charge in [-0.3, -0.25) is 14.0 Å². The highest BCUT2D eigenvalue weighted by molar-refractivity contribution is 7.73. The van der Waals surface area contributed by atoms with Gasteiger partial charge in [-0.05, 0) is 42.0 Å². The fourth-order valence-corrected chi connectivity index (χ4v) is 4.49. The van der Waals surface area contributed by atoms with Crippen molar-refractivity contribution in [1.29, 1.82) is 0 Å². The number of aromatic nitrogens is 2. The molecule has 2 heterocycles. The first-order chi connectivity index (χ1) is 13.0. The molecule has 0 radical (unpaired) electrons. The van der Waals surface area contributed by atoms with E-state index in [9.17, 15) is 9.59 Å². The zero-order chi connectivity index (χ0) is 19.1. The molecule has 0 aliphatic carbocycles. The Morgan fingerprint density at radius 3 is 2.78 bits per heavy atom. The number of hydrogen-bond donors (Lipinski definition) is 2. The molecule has 2 N–H and O–H groups in total. The summed E-state index contributed by atoms with van der Waals surface area (Å²) in [6.45, 7) is 0.267. The van der Waals surface area contributed by atoms with Crippen molar-refractivity contribution in [2.75, 3.05) is 0 Å². The Bertz CT molecular complexity index is 1320. The van der Waals surface area contributed by atoms with Gasteiger partial charge in [-0.2, -0.15) is 0 Å². The molecule has 0 saturated heterocycles. The number of nitrogens with one attached hydrogen (secondary N) is 2. The second-order valence-corrected chi connectivity index (χ2v) is 8.26. The molecule has 0 fully saturated rings. The lowest BCUT2D eigenvalue weighted by Crippen LogP contribution is -2.23. The van der Waals surface area contributed by atoms with Crippen molar-refractivity contribution in [3.05, 3.63) is 77.3 Å². The van der Waals surface area contributed by atoms with Crippen LogP contribution in [0.15, 0.2) is 47.3 Å². The number of aromatic amines is 1. The van der Waals surface area contributed by atoms with E-state index in [-0.39, 0.29) is 18.0 Å². The first-order valence-electron chi connectivity index (χ1n) is 7.84. The predicted molar refractivity (Wildman–Crippen MR) is 112 cm³/mol. The van der Waals surface area contributed by atoms with Gasteiger partial charge in [0.2, 0.25) is 0 Å². The van der Waals surface area contributed by atoms with E-state index in [1.165, 1.54) is 0 Å². The molecule has 9 heteroatoms. The quantitative estimate of drug-likeness (QED) is 0.453. The maximum absolute atomic E-state index is 12.7. The predicted octanol–water partition coefficient (Wildman–Crippen LogP) is 4.81. The fourth-order valence-electron chi connectivity index (χ4n) is 2.82. The first-order valence-corrected chi connectivity index (χ1v) is 9.82. The molecule has 0 aliphatic rings. The number of H-pyrrole nitrogens is 1. The van der Waals surface area contributed by atoms with Crippen LogP contribution in [0.4, 0.5) is 0 Å². The normalized spacial score (nSPS) is 11.2. The maximum atomic E-state index is 12.7. The fraction of sp³-hybridized carbons (Fsp3) is 0.0556. The SMILES string of the molecule is O=C(NCc1ccccc1Cl)c1sc(=S)n2c1[nH]c(=O)c1cc(Cl)ccc12. The molecule has 0 spiro atoms. The van der Waals surface area contributed by atoms with Gasteiger partial charge < -0.3 is 10.3 Å². The molecule has 1 amide bonds. The van der Waals surface area contributed by atoms with Crippen molar-refractivity contribution in [2.24, 2.45) is 0 Å². The van der Waals surface area contributed by atoms with E-state index < -0.39 is 0 Å². The van der Waals surface area contributed by atoms with Crippen LogP contribution in [0.5, 0.6) is 0 Å². The number of halogens is 2. The molecule has 5 nitrogen and oxygen atoms in total. The number of carbonyl (C=O) groups excluding carboxylic acids is 1. The van der Waals surface area contributed by atoms with Gasteiger partial charge >= 0.3 is 0 Å². The van der Waals surface area contributed by atoms with Crippen LogP contribution in [0, 0.1) is 3.95 Å². The van der Waals surface area contributed by atoms with Gasteiger partial charge in [-0.25, -0.2) is 0 Å². The highest BCUT2D eigenvalue weighted by Gasteiger charge is 2.18. The van der Waals surface area contributed by atoms with Crippen molar-refractivity contribution < 1.29 is 4.79 Å². The number of rotatable bonds is 3. The third-order valence-corrected chi connectivity index (χ3v) is 6.07. The number of thiazole rings is 1. The minimum absolute atomic E-state index is 0.267. The Morgan fingerprint density at radius 1 is 1.22 bits per heavy atom. The van der Waals surface area contributed by atoms with Crippen LogP contribution in [-0.2, 0) is 6.54 Å². The van der Waals surface area contributed by atoms with Crippen LogP contribution >= 0.6 is 46.8 Å². The molecular formula is C18H11Cl2N3O2S2. The molecule has 0 atom stereocenters. The van der Waals surface area contributed by atoms with E-state index in [4.69, 9.17) is 35.4 Å². The van der Waals surface area contributed by atoms with Crippen LogP contribution in [0.25, 0.3) is 16.6 Å². The van der Waals surface area contributed by atoms with Crippen LogP contribution in [-0.4, -0.2) is 15.3 Å². The first kappa shape index (κ1) is 18.2. The Hall–Kier alpha value is -2.19. The van der Waals surface area contributed by atoms with Crippen LogP contribution < -0.4 is 10.9 Å². The van der Waals surface area contributed by atoms with Gasteiger partial charge in [-0.15, -0.1) is 0 Å². The molecule has 0 bridgehead atoms. The van der Waals surface area contributed by atoms with Crippen molar-refractivity contribution in [3.8, 4) is 0 Å². The van der Waals surface area contributed by atoms with Gasteiger partial charge in [0.05, 0.1) is 10.9 Å². The van der Waals surface area contributed by atoms with Crippen LogP contribution in [0.1, 0.15) is 15.2 Å². The number of fused-ring (bicyclic) bond motifs is 3. The van der Waals surface area contributed by atoms with E-state index in [2.05, 4.69) is 10.3 Å². The molecule has 27 heavy (non-hydrogen) atoms. The number of amides is 1. The molecule has 0 unspecified atom stereocenters. The molecule has 2 aromatic carbocycles. The average Bonchev–Trinajstić information content (AvgIpc) is 2.97. The number of benzene rings is 2. The summed E-state index contributed by atoms with van der Waals surface area (Å²) in [6.07, 6.45) is 0. The lowest BCUT2D eigenvalue weighted by molar-refractivity contribution is 0.0956. The molecule has 136 valence electrons. The highest BCUT2D eigenvalue weighted by atomic mass is 35.5. The smallest absolute Gasteiger partial charge is 0.265 e. The largest absolute Gasteiger partial charge is 0.347 e. The number of nitrogens with zero attached hydrogens (tertiary/aromatic N) is 1. The van der Waals surface area contributed by atoms with E-state index in [0.717, 1.165) is 16.9 Å². The van der Waals surface area contributed by atoms with E-state index in [1.54, 1.807) is 28.7 Å². The van der Waals surface area contributed by atoms with Crippen LogP contribution in [0.2, 0.25) is 10.0 Å². The van der Waals surface area contributed by atoms with Gasteiger partial charge in [-0.1, -0.05) is 52.7 Å². The van der Waals surface area contributed by atoms with Crippen molar-refractivity contribution >= 4 is 69.2 Å². The number of hydrogen-bond acceptors (Lipinski definition) is 4. The molecule has 4 rings (SSSR count). The van der Waals surface area contributed by atoms with Gasteiger partial charge in [0, 0.05) is 16.6 Å². The Kier molecular flexibility index (Phi) is 4.77. The van der Waals surface area contributed by atoms with Gasteiger partial charge in [0.1, 0.15) is 10.5 Å². The second kappa shape index (κ2) is 7.09. The third kappa shape index (κ3) is 3.27. The summed E-state index contributed by atoms with van der Waals surface area (Å²) in [7, 11) is 0. The topological polar surface area (TPSA) is 66.4 Å². The van der Waals surface area contributed by atoms with Gasteiger partial charge in [0.25, 0.3) is 11.5 Å². The molecule has 0 saturated carbocycles. The highest BCUT2D eigenvalue weighted by Crippen LogP contribution is 2.24. The van der Waals surface area contributed by atoms with Crippen molar-refractivity contribution in [1.82, 2.24) is 14.7 Å². The Labute approximate surface area is 172 Å². The maximum Gasteiger partial charge on any atom is 0.265 e.